The smallest absolute Gasteiger partial charge is 0.338 e. The molecule has 4 heteroatoms. The zero-order chi connectivity index (χ0) is 22.8. The molecule has 172 valence electrons. The average molecular weight is 429 g/mol. The van der Waals surface area contributed by atoms with Crippen molar-refractivity contribution in [2.75, 3.05) is 13.7 Å². The minimum Gasteiger partial charge on any atom is -0.469 e. The van der Waals surface area contributed by atoms with E-state index in [0.29, 0.717) is 12.2 Å². The number of esters is 2. The summed E-state index contributed by atoms with van der Waals surface area (Å²) in [4.78, 5) is 25.9. The third kappa shape index (κ3) is 4.27. The molecule has 1 saturated carbocycles. The summed E-state index contributed by atoms with van der Waals surface area (Å²) in [7, 11) is 1.50. The monoisotopic (exact) mass is 428 g/mol. The summed E-state index contributed by atoms with van der Waals surface area (Å²) in [5.74, 6) is 0.161. The molecule has 2 aliphatic rings. The molecule has 1 aromatic rings. The van der Waals surface area contributed by atoms with E-state index in [1.54, 1.807) is 0 Å². The van der Waals surface area contributed by atoms with Gasteiger partial charge in [-0.1, -0.05) is 53.0 Å². The van der Waals surface area contributed by atoms with Crippen molar-refractivity contribution in [2.24, 2.45) is 11.3 Å². The Bertz CT molecular complexity index is 827. The molecule has 31 heavy (non-hydrogen) atoms. The number of rotatable bonds is 7. The number of aryl methyl sites for hydroxylation is 1. The fourth-order valence-corrected chi connectivity index (χ4v) is 6.26. The molecule has 1 aromatic carbocycles. The average Bonchev–Trinajstić information content (AvgIpc) is 2.75. The second-order valence-corrected chi connectivity index (χ2v) is 10.4. The Labute approximate surface area is 188 Å². The second kappa shape index (κ2) is 9.34. The standard InChI is InChI=1S/C27H40O4/c1-7-8-9-15-31-24(28)21-17-22-19(16-20(21)18(2)3)11-12-23-26(22,4)13-10-14-27(23,5)25(29)30-6/h16-18,23H,7-15H2,1-6H3. The number of carbonyl (C=O) groups is 2. The van der Waals surface area contributed by atoms with Gasteiger partial charge < -0.3 is 9.47 Å². The summed E-state index contributed by atoms with van der Waals surface area (Å²) in [6.45, 7) is 11.3. The molecule has 0 radical (unpaired) electrons. The first kappa shape index (κ1) is 23.8. The minimum atomic E-state index is -0.475. The third-order valence-electron chi connectivity index (χ3n) is 8.00. The van der Waals surface area contributed by atoms with Crippen LogP contribution in [0.2, 0.25) is 0 Å². The van der Waals surface area contributed by atoms with Crippen LogP contribution in [-0.4, -0.2) is 25.7 Å². The van der Waals surface area contributed by atoms with Gasteiger partial charge in [-0.05, 0) is 79.0 Å². The van der Waals surface area contributed by atoms with Gasteiger partial charge in [0.1, 0.15) is 0 Å². The van der Waals surface area contributed by atoms with Gasteiger partial charge in [-0.2, -0.15) is 0 Å². The van der Waals surface area contributed by atoms with E-state index in [2.05, 4.69) is 46.8 Å². The number of carbonyl (C=O) groups excluding carboxylic acids is 2. The van der Waals surface area contributed by atoms with Crippen molar-refractivity contribution in [1.82, 2.24) is 0 Å². The molecule has 0 bridgehead atoms. The van der Waals surface area contributed by atoms with Crippen LogP contribution in [-0.2, 0) is 26.1 Å². The fraction of sp³-hybridized carbons (Fsp3) is 0.704. The van der Waals surface area contributed by atoms with Crippen molar-refractivity contribution >= 4 is 11.9 Å². The van der Waals surface area contributed by atoms with E-state index in [4.69, 9.17) is 9.47 Å². The first-order valence-electron chi connectivity index (χ1n) is 12.1. The van der Waals surface area contributed by atoms with E-state index in [9.17, 15) is 9.59 Å². The molecule has 3 rings (SSSR count). The summed E-state index contributed by atoms with van der Waals surface area (Å²) < 4.78 is 10.9. The van der Waals surface area contributed by atoms with Gasteiger partial charge >= 0.3 is 11.9 Å². The topological polar surface area (TPSA) is 52.6 Å². The summed E-state index contributed by atoms with van der Waals surface area (Å²) in [5.41, 5.74) is 3.74. The fourth-order valence-electron chi connectivity index (χ4n) is 6.26. The lowest BCUT2D eigenvalue weighted by atomic mass is 9.49. The zero-order valence-corrected chi connectivity index (χ0v) is 20.3. The van der Waals surface area contributed by atoms with Crippen LogP contribution in [0.1, 0.15) is 113 Å². The lowest BCUT2D eigenvalue weighted by Gasteiger charge is -2.54. The normalized spacial score (nSPS) is 27.4. The van der Waals surface area contributed by atoms with Crippen LogP contribution in [0.25, 0.3) is 0 Å². The Balaban J connectivity index is 2.02. The van der Waals surface area contributed by atoms with Crippen LogP contribution in [0, 0.1) is 11.3 Å². The third-order valence-corrected chi connectivity index (χ3v) is 8.00. The molecule has 4 nitrogen and oxygen atoms in total. The van der Waals surface area contributed by atoms with Crippen LogP contribution in [0.5, 0.6) is 0 Å². The summed E-state index contributed by atoms with van der Waals surface area (Å²) in [6, 6.07) is 4.36. The molecule has 3 unspecified atom stereocenters. The Hall–Kier alpha value is -1.84. The first-order valence-corrected chi connectivity index (χ1v) is 12.1. The van der Waals surface area contributed by atoms with Gasteiger partial charge in [0, 0.05) is 0 Å². The zero-order valence-electron chi connectivity index (χ0n) is 20.3. The van der Waals surface area contributed by atoms with Crippen molar-refractivity contribution in [3.63, 3.8) is 0 Å². The predicted molar refractivity (Wildman–Crippen MR) is 123 cm³/mol. The highest BCUT2D eigenvalue weighted by atomic mass is 16.5. The number of ether oxygens (including phenoxy) is 2. The largest absolute Gasteiger partial charge is 0.469 e. The van der Waals surface area contributed by atoms with E-state index in [-0.39, 0.29) is 29.2 Å². The quantitative estimate of drug-likeness (QED) is 0.375. The molecule has 0 amide bonds. The van der Waals surface area contributed by atoms with E-state index in [1.165, 1.54) is 18.2 Å². The molecule has 3 atom stereocenters. The van der Waals surface area contributed by atoms with Crippen molar-refractivity contribution in [3.05, 3.63) is 34.4 Å². The Morgan fingerprint density at radius 3 is 2.55 bits per heavy atom. The molecule has 1 fully saturated rings. The molecule has 2 aliphatic carbocycles. The highest BCUT2D eigenvalue weighted by Crippen LogP contribution is 2.58. The molecule has 0 aliphatic heterocycles. The molecule has 0 heterocycles. The molecule has 0 N–H and O–H groups in total. The second-order valence-electron chi connectivity index (χ2n) is 10.4. The molecule has 0 saturated heterocycles. The Morgan fingerprint density at radius 1 is 1.16 bits per heavy atom. The molecule has 0 aromatic heterocycles. The summed E-state index contributed by atoms with van der Waals surface area (Å²) in [5, 5.41) is 0. The lowest BCUT2D eigenvalue weighted by Crippen LogP contribution is -2.52. The maximum atomic E-state index is 13.1. The summed E-state index contributed by atoms with van der Waals surface area (Å²) in [6.07, 6.45) is 7.88. The number of hydrogen-bond donors (Lipinski definition) is 0. The van der Waals surface area contributed by atoms with Gasteiger partial charge in [-0.25, -0.2) is 4.79 Å². The van der Waals surface area contributed by atoms with Crippen LogP contribution in [0.4, 0.5) is 0 Å². The lowest BCUT2D eigenvalue weighted by molar-refractivity contribution is -0.161. The number of fused-ring (bicyclic) bond motifs is 3. The first-order chi connectivity index (χ1) is 14.7. The minimum absolute atomic E-state index is 0.0961. The van der Waals surface area contributed by atoms with Crippen molar-refractivity contribution in [3.8, 4) is 0 Å². The predicted octanol–water partition coefficient (Wildman–Crippen LogP) is 6.34. The summed E-state index contributed by atoms with van der Waals surface area (Å²) >= 11 is 0. The van der Waals surface area contributed by atoms with E-state index in [0.717, 1.165) is 56.9 Å². The SMILES string of the molecule is CCCCCOC(=O)c1cc2c(cc1C(C)C)CCC1C(C)(C(=O)OC)CCCC21C. The van der Waals surface area contributed by atoms with E-state index >= 15 is 0 Å². The molecule has 0 spiro atoms. The van der Waals surface area contributed by atoms with E-state index in [1.807, 2.05) is 0 Å². The number of hydrogen-bond acceptors (Lipinski definition) is 4. The van der Waals surface area contributed by atoms with Gasteiger partial charge in [0.05, 0.1) is 24.7 Å². The molecular weight excluding hydrogens is 388 g/mol. The van der Waals surface area contributed by atoms with Crippen LogP contribution in [0.15, 0.2) is 12.1 Å². The number of unbranched alkanes of at least 4 members (excludes halogenated alkanes) is 2. The van der Waals surface area contributed by atoms with Gasteiger partial charge in [0.2, 0.25) is 0 Å². The van der Waals surface area contributed by atoms with Crippen LogP contribution in [0.3, 0.4) is 0 Å². The van der Waals surface area contributed by atoms with Gasteiger partial charge in [-0.15, -0.1) is 0 Å². The van der Waals surface area contributed by atoms with Crippen molar-refractivity contribution in [2.45, 2.75) is 97.3 Å². The Kier molecular flexibility index (Phi) is 7.18. The highest BCUT2D eigenvalue weighted by Gasteiger charge is 2.55. The van der Waals surface area contributed by atoms with Crippen LogP contribution < -0.4 is 0 Å². The number of methoxy groups -OCH3 is 1. The van der Waals surface area contributed by atoms with Gasteiger partial charge in [-0.3, -0.25) is 4.79 Å². The van der Waals surface area contributed by atoms with E-state index < -0.39 is 5.41 Å². The van der Waals surface area contributed by atoms with Crippen LogP contribution >= 0.6 is 0 Å². The molecular formula is C27H40O4. The van der Waals surface area contributed by atoms with Gasteiger partial charge in [0.15, 0.2) is 0 Å². The Morgan fingerprint density at radius 2 is 1.90 bits per heavy atom. The van der Waals surface area contributed by atoms with Gasteiger partial charge in [0.25, 0.3) is 0 Å². The number of benzene rings is 1. The highest BCUT2D eigenvalue weighted by molar-refractivity contribution is 5.92. The maximum Gasteiger partial charge on any atom is 0.338 e. The maximum absolute atomic E-state index is 13.1. The van der Waals surface area contributed by atoms with Crippen molar-refractivity contribution in [1.29, 1.82) is 0 Å². The van der Waals surface area contributed by atoms with Crippen molar-refractivity contribution < 1.29 is 19.1 Å².